The van der Waals surface area contributed by atoms with E-state index in [1.54, 1.807) is 11.8 Å². The van der Waals surface area contributed by atoms with Gasteiger partial charge in [-0.1, -0.05) is 6.07 Å². The monoisotopic (exact) mass is 349 g/mol. The highest BCUT2D eigenvalue weighted by atomic mass is 35.5. The van der Waals surface area contributed by atoms with E-state index >= 15 is 0 Å². The van der Waals surface area contributed by atoms with E-state index in [1.165, 1.54) is 18.5 Å². The van der Waals surface area contributed by atoms with Gasteiger partial charge in [0.25, 0.3) is 0 Å². The molecular formula is C14H21Cl2N3OS. The summed E-state index contributed by atoms with van der Waals surface area (Å²) >= 11 is 1.76. The van der Waals surface area contributed by atoms with Gasteiger partial charge in [0, 0.05) is 36.1 Å². The molecule has 0 aromatic heterocycles. The summed E-state index contributed by atoms with van der Waals surface area (Å²) in [7, 11) is 0. The van der Waals surface area contributed by atoms with Gasteiger partial charge in [-0.25, -0.2) is 0 Å². The third kappa shape index (κ3) is 4.68. The second-order valence-corrected chi connectivity index (χ2v) is 6.04. The standard InChI is InChI=1S/C14H19N3OS.2ClH/c18-14(13-9-19-10-15-13)16-11-4-3-5-12(8-11)17-6-1-2-7-17;;/h3-5,8,13,15H,1-2,6-7,9-10H2,(H,16,18);2*1H. The Kier molecular flexibility index (Phi) is 7.66. The average molecular weight is 350 g/mol. The van der Waals surface area contributed by atoms with Crippen LogP contribution in [0.2, 0.25) is 0 Å². The third-order valence-electron chi connectivity index (χ3n) is 3.62. The minimum absolute atomic E-state index is 0. The van der Waals surface area contributed by atoms with Crippen molar-refractivity contribution in [2.24, 2.45) is 0 Å². The molecule has 2 aliphatic heterocycles. The maximum Gasteiger partial charge on any atom is 0.242 e. The molecule has 2 N–H and O–H groups in total. The Morgan fingerprint density at radius 2 is 2.05 bits per heavy atom. The maximum absolute atomic E-state index is 12.0. The fourth-order valence-corrected chi connectivity index (χ4v) is 3.49. The smallest absolute Gasteiger partial charge is 0.242 e. The lowest BCUT2D eigenvalue weighted by atomic mass is 10.2. The van der Waals surface area contributed by atoms with Gasteiger partial charge in [-0.15, -0.1) is 36.6 Å². The molecule has 1 aromatic rings. The topological polar surface area (TPSA) is 44.4 Å². The first-order valence-corrected chi connectivity index (χ1v) is 7.95. The van der Waals surface area contributed by atoms with Crippen molar-refractivity contribution < 1.29 is 4.79 Å². The quantitative estimate of drug-likeness (QED) is 0.880. The van der Waals surface area contributed by atoms with Gasteiger partial charge in [0.1, 0.15) is 0 Å². The van der Waals surface area contributed by atoms with Crippen molar-refractivity contribution in [1.82, 2.24) is 5.32 Å². The lowest BCUT2D eigenvalue weighted by Gasteiger charge is -2.19. The summed E-state index contributed by atoms with van der Waals surface area (Å²) in [5, 5.41) is 6.19. The van der Waals surface area contributed by atoms with Crippen LogP contribution in [-0.4, -0.2) is 36.7 Å². The normalized spacial score (nSPS) is 20.6. The Hall–Kier alpha value is -0.620. The van der Waals surface area contributed by atoms with E-state index in [2.05, 4.69) is 27.7 Å². The van der Waals surface area contributed by atoms with Crippen molar-refractivity contribution in [3.63, 3.8) is 0 Å². The van der Waals surface area contributed by atoms with Crippen LogP contribution in [0.4, 0.5) is 11.4 Å². The van der Waals surface area contributed by atoms with Crippen LogP contribution in [0.3, 0.4) is 0 Å². The molecule has 1 amide bonds. The van der Waals surface area contributed by atoms with Crippen LogP contribution in [0.1, 0.15) is 12.8 Å². The van der Waals surface area contributed by atoms with Gasteiger partial charge in [0.2, 0.25) is 5.91 Å². The van der Waals surface area contributed by atoms with Gasteiger partial charge in [0.05, 0.1) is 6.04 Å². The molecule has 0 radical (unpaired) electrons. The van der Waals surface area contributed by atoms with Crippen LogP contribution < -0.4 is 15.5 Å². The molecule has 2 saturated heterocycles. The van der Waals surface area contributed by atoms with Crippen LogP contribution in [0.25, 0.3) is 0 Å². The van der Waals surface area contributed by atoms with Crippen molar-refractivity contribution in [2.45, 2.75) is 18.9 Å². The summed E-state index contributed by atoms with van der Waals surface area (Å²) in [5.74, 6) is 1.80. The van der Waals surface area contributed by atoms with Gasteiger partial charge in [-0.05, 0) is 31.0 Å². The molecule has 1 aromatic carbocycles. The molecule has 7 heteroatoms. The summed E-state index contributed by atoms with van der Waals surface area (Å²) in [5.41, 5.74) is 2.11. The minimum Gasteiger partial charge on any atom is -0.371 e. The highest BCUT2D eigenvalue weighted by molar-refractivity contribution is 7.99. The predicted octanol–water partition coefficient (Wildman–Crippen LogP) is 2.73. The summed E-state index contributed by atoms with van der Waals surface area (Å²) in [6.07, 6.45) is 2.53. The summed E-state index contributed by atoms with van der Waals surface area (Å²) in [6, 6.07) is 8.11. The number of hydrogen-bond acceptors (Lipinski definition) is 4. The van der Waals surface area contributed by atoms with Crippen molar-refractivity contribution in [2.75, 3.05) is 34.9 Å². The Labute approximate surface area is 142 Å². The van der Waals surface area contributed by atoms with Gasteiger partial charge < -0.3 is 10.2 Å². The van der Waals surface area contributed by atoms with Crippen molar-refractivity contribution in [1.29, 1.82) is 0 Å². The fourth-order valence-electron chi connectivity index (χ4n) is 2.55. The Morgan fingerprint density at radius 3 is 2.71 bits per heavy atom. The Balaban J connectivity index is 0.00000110. The van der Waals surface area contributed by atoms with Gasteiger partial charge in [0.15, 0.2) is 0 Å². The van der Waals surface area contributed by atoms with Crippen LogP contribution in [0, 0.1) is 0 Å². The molecule has 118 valence electrons. The summed E-state index contributed by atoms with van der Waals surface area (Å²) in [4.78, 5) is 14.4. The van der Waals surface area contributed by atoms with E-state index in [0.29, 0.717) is 0 Å². The van der Waals surface area contributed by atoms with E-state index < -0.39 is 0 Å². The number of nitrogens with zero attached hydrogens (tertiary/aromatic N) is 1. The number of carbonyl (C=O) groups is 1. The lowest BCUT2D eigenvalue weighted by molar-refractivity contribution is -0.117. The number of amides is 1. The zero-order valence-electron chi connectivity index (χ0n) is 11.7. The lowest BCUT2D eigenvalue weighted by Crippen LogP contribution is -2.37. The molecule has 4 nitrogen and oxygen atoms in total. The average Bonchev–Trinajstić information content (AvgIpc) is 3.13. The second-order valence-electron chi connectivity index (χ2n) is 5.01. The third-order valence-corrected chi connectivity index (χ3v) is 4.56. The molecule has 2 aliphatic rings. The van der Waals surface area contributed by atoms with Gasteiger partial charge in [-0.3, -0.25) is 10.1 Å². The molecule has 3 rings (SSSR count). The maximum atomic E-state index is 12.0. The minimum atomic E-state index is -0.0551. The highest BCUT2D eigenvalue weighted by Gasteiger charge is 2.22. The summed E-state index contributed by atoms with van der Waals surface area (Å²) in [6.45, 7) is 2.25. The number of rotatable bonds is 3. The van der Waals surface area contributed by atoms with E-state index in [-0.39, 0.29) is 36.8 Å². The Morgan fingerprint density at radius 1 is 1.29 bits per heavy atom. The fraction of sp³-hybridized carbons (Fsp3) is 0.500. The largest absolute Gasteiger partial charge is 0.371 e. The molecule has 0 bridgehead atoms. The number of halogens is 2. The SMILES string of the molecule is Cl.Cl.O=C(Nc1cccc(N2CCCC2)c1)C1CSCN1. The second kappa shape index (κ2) is 8.73. The molecule has 1 atom stereocenters. The van der Waals surface area contributed by atoms with Gasteiger partial charge in [-0.2, -0.15) is 0 Å². The molecule has 1 unspecified atom stereocenters. The highest BCUT2D eigenvalue weighted by Crippen LogP contribution is 2.23. The molecular weight excluding hydrogens is 329 g/mol. The van der Waals surface area contributed by atoms with Crippen LogP contribution in [-0.2, 0) is 4.79 Å². The first kappa shape index (κ1) is 18.4. The summed E-state index contributed by atoms with van der Waals surface area (Å²) < 4.78 is 0. The van der Waals surface area contributed by atoms with E-state index in [4.69, 9.17) is 0 Å². The number of hydrogen-bond donors (Lipinski definition) is 2. The number of nitrogens with one attached hydrogen (secondary N) is 2. The number of thioether (sulfide) groups is 1. The number of anilines is 2. The molecule has 21 heavy (non-hydrogen) atoms. The number of carbonyl (C=O) groups excluding carboxylic acids is 1. The van der Waals surface area contributed by atoms with Crippen LogP contribution in [0.15, 0.2) is 24.3 Å². The zero-order valence-corrected chi connectivity index (χ0v) is 14.2. The molecule has 2 heterocycles. The molecule has 0 saturated carbocycles. The predicted molar refractivity (Wildman–Crippen MR) is 95.3 cm³/mol. The molecule has 2 fully saturated rings. The first-order valence-electron chi connectivity index (χ1n) is 6.80. The van der Waals surface area contributed by atoms with E-state index in [9.17, 15) is 4.79 Å². The van der Waals surface area contributed by atoms with Crippen molar-refractivity contribution >= 4 is 53.9 Å². The number of benzene rings is 1. The zero-order chi connectivity index (χ0) is 13.1. The van der Waals surface area contributed by atoms with Gasteiger partial charge >= 0.3 is 0 Å². The van der Waals surface area contributed by atoms with E-state index in [1.807, 2.05) is 12.1 Å². The molecule has 0 spiro atoms. The van der Waals surface area contributed by atoms with Crippen molar-refractivity contribution in [3.05, 3.63) is 24.3 Å². The Bertz CT molecular complexity index is 463. The first-order chi connectivity index (χ1) is 9.33. The molecule has 0 aliphatic carbocycles. The van der Waals surface area contributed by atoms with Crippen LogP contribution in [0.5, 0.6) is 0 Å². The van der Waals surface area contributed by atoms with E-state index in [0.717, 1.165) is 30.4 Å². The van der Waals surface area contributed by atoms with Crippen LogP contribution >= 0.6 is 36.6 Å². The van der Waals surface area contributed by atoms with Crippen molar-refractivity contribution in [3.8, 4) is 0 Å².